The number of fused-ring (bicyclic) bond motifs is 1. The number of carbonyl (C=O) groups is 2. The molecule has 1 saturated heterocycles. The van der Waals surface area contributed by atoms with Crippen molar-refractivity contribution in [2.75, 3.05) is 41.8 Å². The average molecular weight is 525 g/mol. The fourth-order valence-corrected chi connectivity index (χ4v) is 4.33. The van der Waals surface area contributed by atoms with Crippen molar-refractivity contribution in [3.63, 3.8) is 0 Å². The van der Waals surface area contributed by atoms with E-state index in [4.69, 9.17) is 10.5 Å². The third-order valence-electron chi connectivity index (χ3n) is 6.09. The molecule has 9 nitrogen and oxygen atoms in total. The van der Waals surface area contributed by atoms with Gasteiger partial charge < -0.3 is 30.6 Å². The number of nitrogens with zero attached hydrogens (tertiary/aromatic N) is 3. The number of nitrogens with two attached hydrogens (primary N) is 1. The van der Waals surface area contributed by atoms with Crippen molar-refractivity contribution < 1.29 is 27.5 Å². The second-order valence-electron chi connectivity index (χ2n) is 8.61. The topological polar surface area (TPSA) is 115 Å². The van der Waals surface area contributed by atoms with Gasteiger partial charge in [-0.3, -0.25) is 4.79 Å². The van der Waals surface area contributed by atoms with Crippen molar-refractivity contribution in [3.05, 3.63) is 78.1 Å². The molecular weight excluding hydrogens is 501 g/mol. The van der Waals surface area contributed by atoms with Gasteiger partial charge >= 0.3 is 12.2 Å². The van der Waals surface area contributed by atoms with E-state index in [2.05, 4.69) is 15.6 Å². The number of nitrogens with one attached hydrogen (secondary N) is 2. The zero-order valence-electron chi connectivity index (χ0n) is 20.0. The summed E-state index contributed by atoms with van der Waals surface area (Å²) in [5.41, 5.74) is 5.89. The number of aromatic nitrogens is 2. The highest BCUT2D eigenvalue weighted by molar-refractivity contribution is 6.01. The van der Waals surface area contributed by atoms with Gasteiger partial charge in [0, 0.05) is 41.7 Å². The number of ether oxygens (including phenoxy) is 1. The van der Waals surface area contributed by atoms with Gasteiger partial charge in [0.25, 0.3) is 5.91 Å². The van der Waals surface area contributed by atoms with Crippen molar-refractivity contribution >= 4 is 39.9 Å². The van der Waals surface area contributed by atoms with Crippen molar-refractivity contribution in [2.24, 2.45) is 5.73 Å². The molecule has 196 valence electrons. The molecule has 0 bridgehead atoms. The van der Waals surface area contributed by atoms with E-state index >= 15 is 0 Å². The minimum Gasteiger partial charge on any atom is -0.378 e. The first-order valence-electron chi connectivity index (χ1n) is 11.7. The molecule has 0 saturated carbocycles. The second kappa shape index (κ2) is 10.1. The summed E-state index contributed by atoms with van der Waals surface area (Å²) in [5.74, 6) is -0.144. The van der Waals surface area contributed by atoms with Crippen LogP contribution in [0.2, 0.25) is 0 Å². The fourth-order valence-electron chi connectivity index (χ4n) is 4.33. The van der Waals surface area contributed by atoms with Crippen LogP contribution in [0.5, 0.6) is 0 Å². The first-order valence-corrected chi connectivity index (χ1v) is 11.7. The highest BCUT2D eigenvalue weighted by Gasteiger charge is 2.35. The van der Waals surface area contributed by atoms with Crippen LogP contribution in [0.4, 0.5) is 35.0 Å². The molecule has 1 fully saturated rings. The Bertz CT molecular complexity index is 1510. The normalized spacial score (nSPS) is 13.9. The lowest BCUT2D eigenvalue weighted by Gasteiger charge is -2.31. The van der Waals surface area contributed by atoms with Crippen molar-refractivity contribution in [3.8, 4) is 5.82 Å². The van der Waals surface area contributed by atoms with Gasteiger partial charge in [0.2, 0.25) is 0 Å². The maximum atomic E-state index is 13.8. The number of alkyl halides is 3. The second-order valence-corrected chi connectivity index (χ2v) is 8.61. The highest BCUT2D eigenvalue weighted by Crippen LogP contribution is 2.38. The molecule has 2 aromatic carbocycles. The minimum atomic E-state index is -4.59. The average Bonchev–Trinajstić information content (AvgIpc) is 3.32. The summed E-state index contributed by atoms with van der Waals surface area (Å²) in [4.78, 5) is 30.0. The number of urea groups is 1. The Kier molecular flexibility index (Phi) is 6.64. The van der Waals surface area contributed by atoms with Gasteiger partial charge in [-0.25, -0.2) is 9.78 Å². The number of carbonyl (C=O) groups excluding carboxylic acids is 2. The monoisotopic (exact) mass is 524 g/mol. The summed E-state index contributed by atoms with van der Waals surface area (Å²) >= 11 is 0. The maximum absolute atomic E-state index is 13.8. The number of pyridine rings is 1. The number of amides is 3. The van der Waals surface area contributed by atoms with E-state index in [0.717, 1.165) is 17.0 Å². The Labute approximate surface area is 215 Å². The predicted octanol–water partition coefficient (Wildman–Crippen LogP) is 4.62. The molecule has 0 unspecified atom stereocenters. The molecule has 1 aliphatic heterocycles. The first kappa shape index (κ1) is 25.1. The first-order chi connectivity index (χ1) is 18.2. The Morgan fingerprint density at radius 1 is 0.947 bits per heavy atom. The van der Waals surface area contributed by atoms with Crippen molar-refractivity contribution in [1.29, 1.82) is 0 Å². The number of hydrogen-bond acceptors (Lipinski definition) is 5. The van der Waals surface area contributed by atoms with Crippen LogP contribution in [-0.2, 0) is 10.9 Å². The molecule has 0 radical (unpaired) electrons. The summed E-state index contributed by atoms with van der Waals surface area (Å²) in [6.07, 6.45) is -2.83. The van der Waals surface area contributed by atoms with Crippen LogP contribution < -0.4 is 21.3 Å². The summed E-state index contributed by atoms with van der Waals surface area (Å²) < 4.78 is 48.4. The lowest BCUT2D eigenvalue weighted by atomic mass is 10.1. The zero-order valence-corrected chi connectivity index (χ0v) is 20.0. The van der Waals surface area contributed by atoms with Gasteiger partial charge in [0.05, 0.1) is 24.3 Å². The lowest BCUT2D eigenvalue weighted by Crippen LogP contribution is -2.37. The van der Waals surface area contributed by atoms with Crippen LogP contribution in [0.25, 0.3) is 16.7 Å². The van der Waals surface area contributed by atoms with E-state index in [1.165, 1.54) is 18.2 Å². The Hall–Kier alpha value is -4.58. The lowest BCUT2D eigenvalue weighted by molar-refractivity contribution is -0.137. The van der Waals surface area contributed by atoms with E-state index in [9.17, 15) is 22.8 Å². The number of anilines is 3. The standard InChI is InChI=1S/C26H23F3N6O3/c27-26(28,29)19-15-18(5-7-22(19)34-10-12-38-13-11-34)32-25(37)31-17-4-6-21-16(14-17)8-9-35(21)23-3-1-2-20(33-23)24(30)36/h1-9,14-15H,10-13H2,(H2,30,36)(H2,31,32,37). The molecule has 4 N–H and O–H groups in total. The molecule has 3 amide bonds. The number of primary amides is 1. The molecule has 4 aromatic rings. The third-order valence-corrected chi connectivity index (χ3v) is 6.09. The van der Waals surface area contributed by atoms with Crippen LogP contribution in [0, 0.1) is 0 Å². The zero-order chi connectivity index (χ0) is 26.9. The van der Waals surface area contributed by atoms with Crippen molar-refractivity contribution in [1.82, 2.24) is 9.55 Å². The third kappa shape index (κ3) is 5.25. The molecular formula is C26H23F3N6O3. The molecule has 2 aromatic heterocycles. The number of benzene rings is 2. The SMILES string of the molecule is NC(=O)c1cccc(-n2ccc3cc(NC(=O)Nc4ccc(N5CCOCC5)c(C(F)(F)F)c4)ccc32)n1. The van der Waals surface area contributed by atoms with Gasteiger partial charge in [-0.2, -0.15) is 13.2 Å². The van der Waals surface area contributed by atoms with Gasteiger partial charge in [-0.1, -0.05) is 6.07 Å². The van der Waals surface area contributed by atoms with E-state index < -0.39 is 23.7 Å². The van der Waals surface area contributed by atoms with Gasteiger partial charge in [0.1, 0.15) is 11.5 Å². The molecule has 1 aliphatic rings. The van der Waals surface area contributed by atoms with Gasteiger partial charge in [0.15, 0.2) is 0 Å². The highest BCUT2D eigenvalue weighted by atomic mass is 19.4. The molecule has 38 heavy (non-hydrogen) atoms. The smallest absolute Gasteiger partial charge is 0.378 e. The summed E-state index contributed by atoms with van der Waals surface area (Å²) in [6, 6.07) is 14.9. The van der Waals surface area contributed by atoms with Crippen LogP contribution in [0.15, 0.2) is 66.9 Å². The molecule has 12 heteroatoms. The summed E-state index contributed by atoms with van der Waals surface area (Å²) in [5, 5.41) is 5.89. The van der Waals surface area contributed by atoms with Crippen LogP contribution >= 0.6 is 0 Å². The van der Waals surface area contributed by atoms with Crippen LogP contribution in [-0.4, -0.2) is 47.8 Å². The Balaban J connectivity index is 1.33. The number of rotatable bonds is 5. The number of halogens is 3. The van der Waals surface area contributed by atoms with Crippen LogP contribution in [0.1, 0.15) is 16.1 Å². The van der Waals surface area contributed by atoms with E-state index in [1.54, 1.807) is 52.1 Å². The largest absolute Gasteiger partial charge is 0.418 e. The Morgan fingerprint density at radius 3 is 2.37 bits per heavy atom. The fraction of sp³-hybridized carbons (Fsp3) is 0.192. The van der Waals surface area contributed by atoms with E-state index in [1.807, 2.05) is 0 Å². The summed E-state index contributed by atoms with van der Waals surface area (Å²) in [6.45, 7) is 1.41. The number of hydrogen-bond donors (Lipinski definition) is 3. The van der Waals surface area contributed by atoms with Gasteiger partial charge in [-0.05, 0) is 54.6 Å². The molecule has 0 spiro atoms. The van der Waals surface area contributed by atoms with E-state index in [0.29, 0.717) is 37.8 Å². The quantitative estimate of drug-likeness (QED) is 0.352. The molecule has 0 atom stereocenters. The predicted molar refractivity (Wildman–Crippen MR) is 137 cm³/mol. The van der Waals surface area contributed by atoms with Gasteiger partial charge in [-0.15, -0.1) is 0 Å². The van der Waals surface area contributed by atoms with E-state index in [-0.39, 0.29) is 17.1 Å². The van der Waals surface area contributed by atoms with Crippen molar-refractivity contribution in [2.45, 2.75) is 6.18 Å². The molecule has 0 aliphatic carbocycles. The number of morpholine rings is 1. The molecule has 5 rings (SSSR count). The molecule has 3 heterocycles. The van der Waals surface area contributed by atoms with Crippen LogP contribution in [0.3, 0.4) is 0 Å². The minimum absolute atomic E-state index is 0.0134. The Morgan fingerprint density at radius 2 is 1.66 bits per heavy atom. The summed E-state index contributed by atoms with van der Waals surface area (Å²) in [7, 11) is 0. The maximum Gasteiger partial charge on any atom is 0.418 e.